The highest BCUT2D eigenvalue weighted by atomic mass is 19.1. The second kappa shape index (κ2) is 7.03. The predicted octanol–water partition coefficient (Wildman–Crippen LogP) is 1.17. The van der Waals surface area contributed by atoms with E-state index in [4.69, 9.17) is 0 Å². The average Bonchev–Trinajstić information content (AvgIpc) is 3.16. The van der Waals surface area contributed by atoms with Gasteiger partial charge >= 0.3 is 5.97 Å². The minimum Gasteiger partial charge on any atom is -0.480 e. The van der Waals surface area contributed by atoms with Crippen LogP contribution in [0, 0.1) is 5.82 Å². The molecule has 142 valence electrons. The number of carbonyl (C=O) groups is 2. The molecule has 2 aromatic rings. The van der Waals surface area contributed by atoms with Crippen molar-refractivity contribution in [3.05, 3.63) is 29.8 Å². The van der Waals surface area contributed by atoms with Crippen LogP contribution >= 0.6 is 0 Å². The Hall–Kier alpha value is -2.88. The van der Waals surface area contributed by atoms with Crippen LogP contribution in [-0.2, 0) is 9.59 Å². The fourth-order valence-electron chi connectivity index (χ4n) is 3.38. The first-order valence-electron chi connectivity index (χ1n) is 8.88. The topological polar surface area (TPSA) is 113 Å². The molecule has 0 spiro atoms. The second-order valence-corrected chi connectivity index (χ2v) is 6.90. The number of hydrogen-bond donors (Lipinski definition) is 2. The van der Waals surface area contributed by atoms with Crippen molar-refractivity contribution >= 4 is 17.6 Å². The zero-order valence-electron chi connectivity index (χ0n) is 14.5. The molecular formula is C17H19FN6O3. The van der Waals surface area contributed by atoms with Crippen molar-refractivity contribution in [1.82, 2.24) is 25.1 Å². The highest BCUT2D eigenvalue weighted by molar-refractivity contribution is 5.93. The van der Waals surface area contributed by atoms with Crippen LogP contribution in [0.5, 0.6) is 0 Å². The molecule has 1 atom stereocenters. The SMILES string of the molecule is O=C(CN1CCC[C@H]1C(=O)O)Nc1cc(-n2nnnc2C2CC2)ccc1F. The van der Waals surface area contributed by atoms with Gasteiger partial charge in [0.05, 0.1) is 17.9 Å². The summed E-state index contributed by atoms with van der Waals surface area (Å²) in [5.74, 6) is -0.950. The van der Waals surface area contributed by atoms with Gasteiger partial charge in [-0.05, 0) is 60.9 Å². The number of halogens is 1. The number of aliphatic carboxylic acids is 1. The number of amides is 1. The summed E-state index contributed by atoms with van der Waals surface area (Å²) in [6.07, 6.45) is 3.27. The third kappa shape index (κ3) is 3.65. The first-order valence-corrected chi connectivity index (χ1v) is 8.88. The molecule has 1 amide bonds. The standard InChI is InChI=1S/C17H19FN6O3/c18-12-6-5-11(24-16(10-3-4-10)20-21-22-24)8-13(12)19-15(25)9-23-7-1-2-14(23)17(26)27/h5-6,8,10,14H,1-4,7,9H2,(H,19,25)(H,26,27)/t14-/m0/s1. The molecule has 2 aliphatic rings. The summed E-state index contributed by atoms with van der Waals surface area (Å²) in [7, 11) is 0. The molecule has 1 aliphatic carbocycles. The summed E-state index contributed by atoms with van der Waals surface area (Å²) in [4.78, 5) is 25.1. The molecule has 2 N–H and O–H groups in total. The van der Waals surface area contributed by atoms with E-state index in [0.29, 0.717) is 24.6 Å². The van der Waals surface area contributed by atoms with Crippen molar-refractivity contribution < 1.29 is 19.1 Å². The molecule has 2 heterocycles. The fraction of sp³-hybridized carbons (Fsp3) is 0.471. The van der Waals surface area contributed by atoms with Crippen molar-refractivity contribution in [2.24, 2.45) is 0 Å². The van der Waals surface area contributed by atoms with Crippen LogP contribution in [0.1, 0.15) is 37.4 Å². The van der Waals surface area contributed by atoms with Crippen molar-refractivity contribution in [1.29, 1.82) is 0 Å². The van der Waals surface area contributed by atoms with Crippen LogP contribution in [0.2, 0.25) is 0 Å². The first-order chi connectivity index (χ1) is 13.0. The number of nitrogens with zero attached hydrogens (tertiary/aromatic N) is 5. The van der Waals surface area contributed by atoms with Crippen molar-refractivity contribution in [3.8, 4) is 5.69 Å². The van der Waals surface area contributed by atoms with Gasteiger partial charge in [-0.3, -0.25) is 14.5 Å². The lowest BCUT2D eigenvalue weighted by atomic mass is 10.2. The van der Waals surface area contributed by atoms with E-state index in [1.54, 1.807) is 15.6 Å². The van der Waals surface area contributed by atoms with Gasteiger partial charge < -0.3 is 10.4 Å². The quantitative estimate of drug-likeness (QED) is 0.780. The predicted molar refractivity (Wildman–Crippen MR) is 91.9 cm³/mol. The van der Waals surface area contributed by atoms with Gasteiger partial charge in [-0.25, -0.2) is 4.39 Å². The van der Waals surface area contributed by atoms with Crippen LogP contribution in [-0.4, -0.2) is 61.2 Å². The Morgan fingerprint density at radius 1 is 1.30 bits per heavy atom. The summed E-state index contributed by atoms with van der Waals surface area (Å²) in [5, 5.41) is 23.4. The van der Waals surface area contributed by atoms with E-state index >= 15 is 0 Å². The van der Waals surface area contributed by atoms with Gasteiger partial charge in [0.2, 0.25) is 5.91 Å². The lowest BCUT2D eigenvalue weighted by Gasteiger charge is -2.20. The largest absolute Gasteiger partial charge is 0.480 e. The van der Waals surface area contributed by atoms with Gasteiger partial charge in [0.15, 0.2) is 5.82 Å². The monoisotopic (exact) mass is 374 g/mol. The molecule has 0 radical (unpaired) electrons. The van der Waals surface area contributed by atoms with Crippen LogP contribution in [0.15, 0.2) is 18.2 Å². The van der Waals surface area contributed by atoms with Crippen molar-refractivity contribution in [3.63, 3.8) is 0 Å². The molecule has 1 aliphatic heterocycles. The number of carbonyl (C=O) groups excluding carboxylic acids is 1. The summed E-state index contributed by atoms with van der Waals surface area (Å²) in [5.41, 5.74) is 0.573. The number of benzene rings is 1. The number of carboxylic acids is 1. The highest BCUT2D eigenvalue weighted by Crippen LogP contribution is 2.39. The fourth-order valence-corrected chi connectivity index (χ4v) is 3.38. The van der Waals surface area contributed by atoms with E-state index in [1.807, 2.05) is 0 Å². The molecule has 2 fully saturated rings. The third-order valence-corrected chi connectivity index (χ3v) is 4.90. The molecule has 4 rings (SSSR count). The number of anilines is 1. The zero-order chi connectivity index (χ0) is 19.0. The average molecular weight is 374 g/mol. The smallest absolute Gasteiger partial charge is 0.320 e. The summed E-state index contributed by atoms with van der Waals surface area (Å²) in [6.45, 7) is 0.432. The third-order valence-electron chi connectivity index (χ3n) is 4.90. The summed E-state index contributed by atoms with van der Waals surface area (Å²) >= 11 is 0. The first kappa shape index (κ1) is 17.5. The normalized spacial score (nSPS) is 20.0. The van der Waals surface area contributed by atoms with Gasteiger partial charge in [0, 0.05) is 5.92 Å². The van der Waals surface area contributed by atoms with E-state index in [2.05, 4.69) is 20.8 Å². The molecule has 1 saturated carbocycles. The summed E-state index contributed by atoms with van der Waals surface area (Å²) < 4.78 is 15.7. The number of carboxylic acid groups (broad SMARTS) is 1. The van der Waals surface area contributed by atoms with Gasteiger partial charge in [0.1, 0.15) is 11.9 Å². The maximum Gasteiger partial charge on any atom is 0.320 e. The lowest BCUT2D eigenvalue weighted by Crippen LogP contribution is -2.41. The van der Waals surface area contributed by atoms with Crippen LogP contribution < -0.4 is 5.32 Å². The number of rotatable bonds is 6. The maximum atomic E-state index is 14.2. The van der Waals surface area contributed by atoms with E-state index < -0.39 is 23.7 Å². The van der Waals surface area contributed by atoms with E-state index in [0.717, 1.165) is 25.1 Å². The Kier molecular flexibility index (Phi) is 4.56. The molecule has 1 aromatic heterocycles. The molecule has 0 unspecified atom stereocenters. The molecular weight excluding hydrogens is 355 g/mol. The second-order valence-electron chi connectivity index (χ2n) is 6.90. The van der Waals surface area contributed by atoms with Gasteiger partial charge in [-0.2, -0.15) is 4.68 Å². The minimum atomic E-state index is -0.945. The Morgan fingerprint density at radius 3 is 2.85 bits per heavy atom. The molecule has 9 nitrogen and oxygen atoms in total. The number of nitrogens with one attached hydrogen (secondary N) is 1. The Bertz CT molecular complexity index is 881. The molecule has 1 saturated heterocycles. The zero-order valence-corrected chi connectivity index (χ0v) is 14.5. The lowest BCUT2D eigenvalue weighted by molar-refractivity contribution is -0.142. The Labute approximate surface area is 154 Å². The van der Waals surface area contributed by atoms with Gasteiger partial charge in [0.25, 0.3) is 0 Å². The van der Waals surface area contributed by atoms with Gasteiger partial charge in [-0.1, -0.05) is 0 Å². The van der Waals surface area contributed by atoms with Crippen LogP contribution in [0.4, 0.5) is 10.1 Å². The van der Waals surface area contributed by atoms with Crippen molar-refractivity contribution in [2.45, 2.75) is 37.6 Å². The number of aromatic nitrogens is 4. The molecule has 27 heavy (non-hydrogen) atoms. The minimum absolute atomic E-state index is 0.0146. The van der Waals surface area contributed by atoms with E-state index in [9.17, 15) is 19.1 Å². The number of likely N-dealkylation sites (tertiary alicyclic amines) is 1. The number of tetrazole rings is 1. The van der Waals surface area contributed by atoms with Gasteiger partial charge in [-0.15, -0.1) is 5.10 Å². The van der Waals surface area contributed by atoms with E-state index in [-0.39, 0.29) is 12.2 Å². The Morgan fingerprint density at radius 2 is 2.11 bits per heavy atom. The van der Waals surface area contributed by atoms with Crippen molar-refractivity contribution in [2.75, 3.05) is 18.4 Å². The molecule has 10 heteroatoms. The molecule has 0 bridgehead atoms. The highest BCUT2D eigenvalue weighted by Gasteiger charge is 2.32. The summed E-state index contributed by atoms with van der Waals surface area (Å²) in [6, 6.07) is 3.61. The van der Waals surface area contributed by atoms with Crippen LogP contribution in [0.3, 0.4) is 0 Å². The Balaban J connectivity index is 1.49. The van der Waals surface area contributed by atoms with Crippen LogP contribution in [0.25, 0.3) is 5.69 Å². The molecule has 1 aromatic carbocycles. The van der Waals surface area contributed by atoms with E-state index in [1.165, 1.54) is 12.1 Å². The maximum absolute atomic E-state index is 14.2. The number of hydrogen-bond acceptors (Lipinski definition) is 6.